The van der Waals surface area contributed by atoms with Gasteiger partial charge in [-0.2, -0.15) is 10.2 Å². The van der Waals surface area contributed by atoms with Crippen molar-refractivity contribution in [3.05, 3.63) is 94.4 Å². The molecule has 0 unspecified atom stereocenters. The van der Waals surface area contributed by atoms with Gasteiger partial charge in [0, 0.05) is 17.3 Å². The number of nitrogens with zero attached hydrogens (tertiary/aromatic N) is 3. The number of urea groups is 1. The van der Waals surface area contributed by atoms with Crippen LogP contribution in [0.2, 0.25) is 0 Å². The maximum Gasteiger partial charge on any atom is 1.00 e. The molecule has 1 aliphatic carbocycles. The average molecular weight is 1030 g/mol. The molecular weight excluding hydrogens is 1010 g/mol. The second-order valence-electron chi connectivity index (χ2n) is 13.0. The molecule has 0 spiro atoms. The molecule has 0 aromatic heterocycles. The van der Waals surface area contributed by atoms with Gasteiger partial charge in [0.1, 0.15) is 63.4 Å². The molecule has 4 N–H and O–H groups in total. The van der Waals surface area contributed by atoms with E-state index < -0.39 is 89.0 Å². The Balaban J connectivity index is 0.00000385. The van der Waals surface area contributed by atoms with Crippen molar-refractivity contribution in [2.24, 2.45) is 15.3 Å². The number of hydrogen-bond donors (Lipinski definition) is 4. The standard InChI is InChI=1S/C36H30N6O17S4.4Na/c1-17-8-26(31(59-3)16-25(17)39-41-28-14-22(61(49,50)51)10-19-11-23(62(52,53)54)15-29(43)33(19)28)38-36(45)37-20-4-6-24-18(9-20)12-32(63(55,56)57)34(35(24)44)42-40-27-13-21(60(46,47)48)5-7-30(27)58-2;;;;/h4-16,40,43H,1-3H3,(H2,37,38,45)(H,46,47,48)(H,49,50,51)(H,52,53,54)(H,55,56,57);;;;/q;4*+1/p-4/b41-39?,42-34-;;;;. The summed E-state index contributed by atoms with van der Waals surface area (Å²) in [4.78, 5) is 23.1. The molecule has 0 heterocycles. The van der Waals surface area contributed by atoms with E-state index in [0.717, 1.165) is 42.5 Å². The summed E-state index contributed by atoms with van der Waals surface area (Å²) < 4.78 is 152. The second kappa shape index (κ2) is 23.4. The fourth-order valence-electron chi connectivity index (χ4n) is 5.99. The van der Waals surface area contributed by atoms with Crippen LogP contribution in [0.15, 0.2) is 108 Å². The fourth-order valence-corrected chi connectivity index (χ4v) is 8.18. The molecule has 0 saturated carbocycles. The van der Waals surface area contributed by atoms with Crippen molar-refractivity contribution in [2.75, 3.05) is 30.3 Å². The van der Waals surface area contributed by atoms with Crippen molar-refractivity contribution in [1.82, 2.24) is 0 Å². The van der Waals surface area contributed by atoms with Gasteiger partial charge in [-0.15, -0.1) is 5.11 Å². The van der Waals surface area contributed by atoms with E-state index in [4.69, 9.17) is 9.47 Å². The second-order valence-corrected chi connectivity index (χ2v) is 18.5. The predicted octanol–water partition coefficient (Wildman–Crippen LogP) is -7.79. The molecule has 330 valence electrons. The van der Waals surface area contributed by atoms with Crippen LogP contribution in [0.5, 0.6) is 17.2 Å². The van der Waals surface area contributed by atoms with Gasteiger partial charge in [-0.05, 0) is 96.2 Å². The minimum Gasteiger partial charge on any atom is -0.744 e. The zero-order chi connectivity index (χ0) is 46.4. The number of carbonyl (C=O) groups excluding carboxylic acids is 2. The van der Waals surface area contributed by atoms with Gasteiger partial charge in [0.2, 0.25) is 5.78 Å². The minimum atomic E-state index is -5.40. The number of hydrogen-bond acceptors (Lipinski definition) is 21. The van der Waals surface area contributed by atoms with E-state index in [2.05, 4.69) is 31.4 Å². The van der Waals surface area contributed by atoms with Crippen LogP contribution in [0.3, 0.4) is 0 Å². The summed E-state index contributed by atoms with van der Waals surface area (Å²) in [5.74, 6) is -1.93. The van der Waals surface area contributed by atoms with Gasteiger partial charge >= 0.3 is 124 Å². The number of rotatable bonds is 12. The molecule has 67 heavy (non-hydrogen) atoms. The smallest absolute Gasteiger partial charge is 0.744 e. The van der Waals surface area contributed by atoms with E-state index >= 15 is 0 Å². The summed E-state index contributed by atoms with van der Waals surface area (Å²) >= 11 is 0. The van der Waals surface area contributed by atoms with Crippen LogP contribution in [-0.4, -0.2) is 88.7 Å². The Morgan fingerprint density at radius 3 is 1.79 bits per heavy atom. The number of carbonyl (C=O) groups is 2. The Morgan fingerprint density at radius 1 is 0.642 bits per heavy atom. The van der Waals surface area contributed by atoms with Crippen LogP contribution >= 0.6 is 0 Å². The first kappa shape index (κ1) is 60.3. The molecule has 0 bridgehead atoms. The molecule has 1 aliphatic rings. The molecule has 5 aromatic rings. The van der Waals surface area contributed by atoms with Gasteiger partial charge in [-0.1, -0.05) is 0 Å². The van der Waals surface area contributed by atoms with Crippen molar-refractivity contribution in [1.29, 1.82) is 0 Å². The molecule has 0 aliphatic heterocycles. The predicted molar refractivity (Wildman–Crippen MR) is 217 cm³/mol. The van der Waals surface area contributed by atoms with E-state index in [-0.39, 0.29) is 174 Å². The van der Waals surface area contributed by atoms with E-state index in [1.807, 2.05) is 0 Å². The first-order chi connectivity index (χ1) is 29.3. The Bertz CT molecular complexity index is 3370. The number of allylic oxidation sites excluding steroid dienone is 1. The third-order valence-electron chi connectivity index (χ3n) is 8.87. The van der Waals surface area contributed by atoms with E-state index in [1.165, 1.54) is 51.5 Å². The molecule has 0 atom stereocenters. The molecule has 6 rings (SSSR count). The number of nitrogens with one attached hydrogen (secondary N) is 3. The summed E-state index contributed by atoms with van der Waals surface area (Å²) in [6.45, 7) is 1.52. The Kier molecular flexibility index (Phi) is 21.0. The number of methoxy groups -OCH3 is 2. The number of ketones is 1. The summed E-state index contributed by atoms with van der Waals surface area (Å²) in [5, 5.41) is 26.8. The molecule has 2 amide bonds. The molecule has 0 radical (unpaired) electrons. The van der Waals surface area contributed by atoms with Crippen LogP contribution in [0.1, 0.15) is 21.5 Å². The van der Waals surface area contributed by atoms with E-state index in [1.54, 1.807) is 0 Å². The molecule has 0 fully saturated rings. The number of azo groups is 1. The molecule has 0 saturated heterocycles. The zero-order valence-electron chi connectivity index (χ0n) is 36.0. The normalized spacial score (nSPS) is 13.2. The average Bonchev–Trinajstić information content (AvgIpc) is 3.18. The van der Waals surface area contributed by atoms with Crippen molar-refractivity contribution in [2.45, 2.75) is 21.6 Å². The van der Waals surface area contributed by atoms with Crippen LogP contribution in [-0.2, 0) is 40.5 Å². The Hall–Kier alpha value is -2.85. The first-order valence-corrected chi connectivity index (χ1v) is 22.7. The zero-order valence-corrected chi connectivity index (χ0v) is 47.2. The van der Waals surface area contributed by atoms with Crippen molar-refractivity contribution >= 4 is 103 Å². The maximum atomic E-state index is 13.5. The van der Waals surface area contributed by atoms with Crippen molar-refractivity contribution < 1.29 is 194 Å². The molecule has 31 heteroatoms. The fraction of sp³-hybridized carbons (Fsp3) is 0.0833. The van der Waals surface area contributed by atoms with Gasteiger partial charge in [-0.3, -0.25) is 10.2 Å². The van der Waals surface area contributed by atoms with Crippen LogP contribution in [0, 0.1) is 6.92 Å². The Morgan fingerprint density at radius 2 is 1.22 bits per heavy atom. The number of phenolic OH excluding ortho intramolecular Hbond substituents is 1. The summed E-state index contributed by atoms with van der Waals surface area (Å²) in [6.07, 6.45) is 0.826. The third kappa shape index (κ3) is 14.2. The first-order valence-electron chi connectivity index (χ1n) is 17.0. The number of ether oxygens (including phenoxy) is 2. The molecule has 5 aromatic carbocycles. The number of anilines is 3. The van der Waals surface area contributed by atoms with Crippen LogP contribution in [0.4, 0.5) is 33.2 Å². The monoisotopic (exact) mass is 1030 g/mol. The van der Waals surface area contributed by atoms with Crippen molar-refractivity contribution in [3.63, 3.8) is 0 Å². The van der Waals surface area contributed by atoms with E-state index in [0.29, 0.717) is 11.6 Å². The number of phenols is 1. The molecule has 23 nitrogen and oxygen atoms in total. The van der Waals surface area contributed by atoms with Gasteiger partial charge in [0.15, 0.2) is 0 Å². The number of hydrazone groups is 1. The number of benzene rings is 5. The number of aromatic hydroxyl groups is 1. The minimum absolute atomic E-state index is 0. The van der Waals surface area contributed by atoms with E-state index in [9.17, 15) is 66.6 Å². The van der Waals surface area contributed by atoms with Crippen LogP contribution in [0.25, 0.3) is 16.8 Å². The van der Waals surface area contributed by atoms with Gasteiger partial charge in [-0.25, -0.2) is 38.5 Å². The number of aryl methyl sites for hydroxylation is 1. The summed E-state index contributed by atoms with van der Waals surface area (Å²) in [6, 6.07) is 11.2. The molecular formula is C36H26N6Na4O17S4. The van der Waals surface area contributed by atoms with Crippen molar-refractivity contribution in [3.8, 4) is 17.2 Å². The van der Waals surface area contributed by atoms with Gasteiger partial charge in [0.05, 0.1) is 61.9 Å². The number of amides is 2. The topological polar surface area (TPSA) is 375 Å². The SMILES string of the molecule is COc1ccc(S(=O)(=O)[O-])cc1N/N=C1\C(=O)c2ccc(NC(=O)Nc3cc(C)c(N=Nc4cc(S(=O)(=O)[O-])cc5cc(S(=O)(=O)[O-])cc(O)c45)cc3OC)cc2C=C1S(=O)(=O)[O-].[Na+].[Na+].[Na+].[Na+]. The maximum absolute atomic E-state index is 13.5. The summed E-state index contributed by atoms with van der Waals surface area (Å²) in [5.41, 5.74) is 0.832. The number of fused-ring (bicyclic) bond motifs is 2. The number of Topliss-reactive ketones (excluding diaryl/α,β-unsaturated/α-hetero) is 1. The summed E-state index contributed by atoms with van der Waals surface area (Å²) in [7, 11) is -18.2. The third-order valence-corrected chi connectivity index (χ3v) is 12.2. The van der Waals surface area contributed by atoms with Gasteiger partial charge in [0.25, 0.3) is 0 Å². The Labute approximate surface area is 470 Å². The largest absolute Gasteiger partial charge is 1.00 e. The quantitative estimate of drug-likeness (QED) is 0.0390. The van der Waals surface area contributed by atoms with Crippen LogP contribution < -0.4 is 144 Å². The van der Waals surface area contributed by atoms with Gasteiger partial charge < -0.3 is 43.4 Å².